The van der Waals surface area contributed by atoms with E-state index in [1.54, 1.807) is 0 Å². The fourth-order valence-corrected chi connectivity index (χ4v) is 3.73. The van der Waals surface area contributed by atoms with Gasteiger partial charge in [-0.1, -0.05) is 5.11 Å². The zero-order valence-electron chi connectivity index (χ0n) is 11.8. The molecule has 0 saturated heterocycles. The number of hydrogen-bond donors (Lipinski definition) is 0. The first-order chi connectivity index (χ1) is 9.53. The highest BCUT2D eigenvalue weighted by molar-refractivity contribution is 5.79. The zero-order valence-corrected chi connectivity index (χ0v) is 11.8. The van der Waals surface area contributed by atoms with Gasteiger partial charge in [0.05, 0.1) is 19.6 Å². The monoisotopic (exact) mass is 281 g/mol. The highest BCUT2D eigenvalue weighted by Crippen LogP contribution is 2.59. The molecule has 7 heteroatoms. The van der Waals surface area contributed by atoms with Crippen molar-refractivity contribution in [1.29, 1.82) is 0 Å². The van der Waals surface area contributed by atoms with E-state index < -0.39 is 17.4 Å². The van der Waals surface area contributed by atoms with Gasteiger partial charge in [-0.3, -0.25) is 9.59 Å². The predicted octanol–water partition coefficient (Wildman–Crippen LogP) is 2.35. The molecule has 0 N–H and O–H groups in total. The molecule has 20 heavy (non-hydrogen) atoms. The summed E-state index contributed by atoms with van der Waals surface area (Å²) in [6.45, 7) is 0. The molecule has 0 aromatic rings. The number of carbonyl (C=O) groups is 2. The largest absolute Gasteiger partial charge is 0.469 e. The van der Waals surface area contributed by atoms with Crippen LogP contribution in [0.4, 0.5) is 0 Å². The lowest BCUT2D eigenvalue weighted by Crippen LogP contribution is -2.52. The molecule has 3 saturated carbocycles. The van der Waals surface area contributed by atoms with Crippen molar-refractivity contribution in [3.8, 4) is 0 Å². The van der Waals surface area contributed by atoms with Crippen molar-refractivity contribution in [2.75, 3.05) is 14.2 Å². The molecular weight excluding hydrogens is 262 g/mol. The van der Waals surface area contributed by atoms with Gasteiger partial charge in [-0.05, 0) is 49.5 Å². The average molecular weight is 281 g/mol. The van der Waals surface area contributed by atoms with Gasteiger partial charge in [0.1, 0.15) is 6.04 Å². The van der Waals surface area contributed by atoms with Crippen molar-refractivity contribution in [3.63, 3.8) is 0 Å². The Hall–Kier alpha value is -1.75. The van der Waals surface area contributed by atoms with Crippen molar-refractivity contribution in [3.05, 3.63) is 10.4 Å². The maximum Gasteiger partial charge on any atom is 0.315 e. The van der Waals surface area contributed by atoms with Crippen LogP contribution in [0.3, 0.4) is 0 Å². The van der Waals surface area contributed by atoms with Crippen molar-refractivity contribution in [2.24, 2.45) is 15.9 Å². The van der Waals surface area contributed by atoms with Crippen molar-refractivity contribution in [1.82, 2.24) is 0 Å². The summed E-state index contributed by atoms with van der Waals surface area (Å²) >= 11 is 0. The zero-order chi connectivity index (χ0) is 14.8. The number of hydrogen-bond acceptors (Lipinski definition) is 5. The van der Waals surface area contributed by atoms with E-state index in [2.05, 4.69) is 10.0 Å². The molecule has 0 amide bonds. The molecule has 3 rings (SSSR count). The summed E-state index contributed by atoms with van der Waals surface area (Å²) in [7, 11) is 2.70. The molecule has 0 aliphatic heterocycles. The Balaban J connectivity index is 2.22. The first kappa shape index (κ1) is 14.7. The van der Waals surface area contributed by atoms with Gasteiger partial charge in [-0.25, -0.2) is 0 Å². The predicted molar refractivity (Wildman–Crippen MR) is 69.5 cm³/mol. The van der Waals surface area contributed by atoms with Crippen LogP contribution in [0, 0.1) is 10.8 Å². The number of azide groups is 1. The highest BCUT2D eigenvalue weighted by atomic mass is 16.5. The van der Waals surface area contributed by atoms with Gasteiger partial charge in [0.15, 0.2) is 0 Å². The Morgan fingerprint density at radius 2 is 1.65 bits per heavy atom. The summed E-state index contributed by atoms with van der Waals surface area (Å²) in [6, 6.07) is -0.798. The third-order valence-corrected chi connectivity index (χ3v) is 5.09. The van der Waals surface area contributed by atoms with Gasteiger partial charge < -0.3 is 9.47 Å². The van der Waals surface area contributed by atoms with E-state index in [1.165, 1.54) is 14.2 Å². The summed E-state index contributed by atoms with van der Waals surface area (Å²) in [5, 5.41) is 3.66. The summed E-state index contributed by atoms with van der Waals surface area (Å²) in [5.41, 5.74) is 7.91. The number of ether oxygens (including phenoxy) is 2. The van der Waals surface area contributed by atoms with E-state index in [0.717, 1.165) is 0 Å². The minimum Gasteiger partial charge on any atom is -0.469 e. The number of carbonyl (C=O) groups excluding carboxylic acids is 2. The Bertz CT molecular complexity index is 446. The van der Waals surface area contributed by atoms with Crippen LogP contribution in [0.15, 0.2) is 5.11 Å². The summed E-state index contributed by atoms with van der Waals surface area (Å²) in [6.07, 6.45) is 4.07. The number of rotatable bonds is 4. The molecule has 3 aliphatic carbocycles. The van der Waals surface area contributed by atoms with Gasteiger partial charge in [0.25, 0.3) is 0 Å². The van der Waals surface area contributed by atoms with Crippen LogP contribution in [-0.4, -0.2) is 32.2 Å². The molecule has 110 valence electrons. The number of esters is 2. The fourth-order valence-electron chi connectivity index (χ4n) is 3.73. The van der Waals surface area contributed by atoms with E-state index in [1.807, 2.05) is 0 Å². The molecule has 1 atom stereocenters. The molecule has 1 unspecified atom stereocenters. The van der Waals surface area contributed by atoms with Crippen molar-refractivity contribution in [2.45, 2.75) is 44.6 Å². The summed E-state index contributed by atoms with van der Waals surface area (Å²) in [4.78, 5) is 26.6. The van der Waals surface area contributed by atoms with Gasteiger partial charge in [-0.2, -0.15) is 0 Å². The number of fused-ring (bicyclic) bond motifs is 3. The lowest BCUT2D eigenvalue weighted by molar-refractivity contribution is -0.166. The normalized spacial score (nSPS) is 32.9. The maximum atomic E-state index is 11.9. The third kappa shape index (κ3) is 2.12. The molecule has 2 bridgehead atoms. The second kappa shape index (κ2) is 5.32. The molecule has 7 nitrogen and oxygen atoms in total. The van der Waals surface area contributed by atoms with Gasteiger partial charge in [0.2, 0.25) is 0 Å². The molecule has 0 heterocycles. The topological polar surface area (TPSA) is 101 Å². The molecule has 0 aromatic heterocycles. The quantitative estimate of drug-likeness (QED) is 0.341. The van der Waals surface area contributed by atoms with E-state index in [9.17, 15) is 9.59 Å². The van der Waals surface area contributed by atoms with Crippen LogP contribution in [0.5, 0.6) is 0 Å². The molecular formula is C13H19N3O4. The van der Waals surface area contributed by atoms with Crippen molar-refractivity contribution >= 4 is 11.9 Å². The smallest absolute Gasteiger partial charge is 0.315 e. The highest BCUT2D eigenvalue weighted by Gasteiger charge is 2.57. The lowest BCUT2D eigenvalue weighted by Gasteiger charge is -2.53. The standard InChI is InChI=1S/C13H19N3O4/c1-19-10(17)9(15-16-14)12-3-6-13(7-4-12,8-5-12)11(18)20-2/h9H,3-8H2,1-2H3. The molecule has 0 radical (unpaired) electrons. The molecule has 3 aliphatic rings. The van der Waals surface area contributed by atoms with Gasteiger partial charge in [-0.15, -0.1) is 0 Å². The van der Waals surface area contributed by atoms with E-state index in [4.69, 9.17) is 15.0 Å². The van der Waals surface area contributed by atoms with Crippen molar-refractivity contribution < 1.29 is 19.1 Å². The second-order valence-electron chi connectivity index (χ2n) is 5.76. The Labute approximate surface area is 117 Å². The van der Waals surface area contributed by atoms with Crippen LogP contribution < -0.4 is 0 Å². The van der Waals surface area contributed by atoms with Crippen LogP contribution in [-0.2, 0) is 19.1 Å². The SMILES string of the molecule is COC(=O)C(N=[N+]=[N-])C12CCC(C(=O)OC)(CC1)CC2. The minimum absolute atomic E-state index is 0.163. The van der Waals surface area contributed by atoms with Crippen LogP contribution in [0.2, 0.25) is 0 Å². The average Bonchev–Trinajstić information content (AvgIpc) is 2.52. The van der Waals surface area contributed by atoms with E-state index >= 15 is 0 Å². The molecule has 3 fully saturated rings. The van der Waals surface area contributed by atoms with E-state index in [0.29, 0.717) is 38.5 Å². The first-order valence-corrected chi connectivity index (χ1v) is 6.74. The Kier molecular flexibility index (Phi) is 3.90. The number of methoxy groups -OCH3 is 2. The third-order valence-electron chi connectivity index (χ3n) is 5.09. The Morgan fingerprint density at radius 3 is 2.05 bits per heavy atom. The van der Waals surface area contributed by atoms with Gasteiger partial charge in [0, 0.05) is 4.91 Å². The lowest BCUT2D eigenvalue weighted by atomic mass is 9.51. The number of nitrogens with zero attached hydrogens (tertiary/aromatic N) is 3. The van der Waals surface area contributed by atoms with E-state index in [-0.39, 0.29) is 11.4 Å². The Morgan fingerprint density at radius 1 is 1.10 bits per heavy atom. The van der Waals surface area contributed by atoms with Gasteiger partial charge >= 0.3 is 11.9 Å². The first-order valence-electron chi connectivity index (χ1n) is 6.74. The van der Waals surface area contributed by atoms with Crippen LogP contribution in [0.25, 0.3) is 10.4 Å². The molecule has 0 aromatic carbocycles. The molecule has 0 spiro atoms. The summed E-state index contributed by atoms with van der Waals surface area (Å²) < 4.78 is 9.67. The summed E-state index contributed by atoms with van der Waals surface area (Å²) in [5.74, 6) is -0.653. The van der Waals surface area contributed by atoms with Crippen LogP contribution in [0.1, 0.15) is 38.5 Å². The second-order valence-corrected chi connectivity index (χ2v) is 5.76. The fraction of sp³-hybridized carbons (Fsp3) is 0.846. The minimum atomic E-state index is -0.798. The van der Waals surface area contributed by atoms with Crippen LogP contribution >= 0.6 is 0 Å². The maximum absolute atomic E-state index is 11.9.